The summed E-state index contributed by atoms with van der Waals surface area (Å²) >= 11 is 0. The monoisotopic (exact) mass is 415 g/mol. The normalized spacial score (nSPS) is 15.5. The fourth-order valence-electron chi connectivity index (χ4n) is 3.55. The molecule has 2 aromatic rings. The first kappa shape index (κ1) is 21.8. The van der Waals surface area contributed by atoms with Crippen molar-refractivity contribution in [2.45, 2.75) is 25.5 Å². The summed E-state index contributed by atoms with van der Waals surface area (Å²) in [4.78, 5) is 14.8. The second-order valence-electron chi connectivity index (χ2n) is 7.10. The van der Waals surface area contributed by atoms with Crippen molar-refractivity contribution in [1.82, 2.24) is 4.90 Å². The molecule has 1 atom stereocenters. The van der Waals surface area contributed by atoms with Gasteiger partial charge in [0.1, 0.15) is 12.4 Å². The number of ether oxygens (including phenoxy) is 5. The van der Waals surface area contributed by atoms with Gasteiger partial charge in [-0.05, 0) is 37.1 Å². The van der Waals surface area contributed by atoms with Crippen LogP contribution in [0, 0.1) is 0 Å². The van der Waals surface area contributed by atoms with Crippen LogP contribution in [0.25, 0.3) is 0 Å². The van der Waals surface area contributed by atoms with Gasteiger partial charge in [-0.15, -0.1) is 0 Å². The zero-order valence-corrected chi connectivity index (χ0v) is 18.0. The van der Waals surface area contributed by atoms with Crippen LogP contribution in [-0.2, 0) is 11.3 Å². The molecule has 7 nitrogen and oxygen atoms in total. The van der Waals surface area contributed by atoms with Gasteiger partial charge >= 0.3 is 0 Å². The minimum absolute atomic E-state index is 0.0851. The van der Waals surface area contributed by atoms with Crippen LogP contribution in [0.5, 0.6) is 23.0 Å². The van der Waals surface area contributed by atoms with E-state index in [1.807, 2.05) is 24.3 Å². The third-order valence-electron chi connectivity index (χ3n) is 5.11. The van der Waals surface area contributed by atoms with Crippen LogP contribution in [0.15, 0.2) is 36.4 Å². The van der Waals surface area contributed by atoms with Crippen LogP contribution >= 0.6 is 0 Å². The Morgan fingerprint density at radius 2 is 1.80 bits per heavy atom. The SMILES string of the molecule is COc1ccc(CN(C)C(=O)c2ccccc2OCC2CCCO2)c(OC)c1OC. The number of rotatable bonds is 9. The molecule has 0 bridgehead atoms. The zero-order valence-electron chi connectivity index (χ0n) is 18.0. The van der Waals surface area contributed by atoms with Crippen molar-refractivity contribution in [2.24, 2.45) is 0 Å². The minimum atomic E-state index is -0.144. The van der Waals surface area contributed by atoms with E-state index in [-0.39, 0.29) is 12.0 Å². The van der Waals surface area contributed by atoms with Crippen molar-refractivity contribution in [1.29, 1.82) is 0 Å². The summed E-state index contributed by atoms with van der Waals surface area (Å²) in [7, 11) is 6.44. The summed E-state index contributed by atoms with van der Waals surface area (Å²) in [6.45, 7) is 1.55. The van der Waals surface area contributed by atoms with Crippen LogP contribution in [0.2, 0.25) is 0 Å². The molecule has 2 aromatic carbocycles. The van der Waals surface area contributed by atoms with Crippen LogP contribution in [0.3, 0.4) is 0 Å². The standard InChI is InChI=1S/C23H29NO6/c1-24(14-16-11-12-20(26-2)22(28-4)21(16)27-3)23(25)18-9-5-6-10-19(18)30-15-17-8-7-13-29-17/h5-6,9-12,17H,7-8,13-15H2,1-4H3. The summed E-state index contributed by atoms with van der Waals surface area (Å²) in [6, 6.07) is 10.9. The first-order valence-electron chi connectivity index (χ1n) is 9.95. The van der Waals surface area contributed by atoms with Gasteiger partial charge < -0.3 is 28.6 Å². The molecular formula is C23H29NO6. The number of hydrogen-bond acceptors (Lipinski definition) is 6. The third kappa shape index (κ3) is 4.79. The molecule has 1 saturated heterocycles. The van der Waals surface area contributed by atoms with Gasteiger partial charge in [-0.3, -0.25) is 4.79 Å². The van der Waals surface area contributed by atoms with E-state index in [2.05, 4.69) is 0 Å². The highest BCUT2D eigenvalue weighted by atomic mass is 16.5. The van der Waals surface area contributed by atoms with Crippen molar-refractivity contribution in [3.8, 4) is 23.0 Å². The molecule has 1 unspecified atom stereocenters. The van der Waals surface area contributed by atoms with Crippen molar-refractivity contribution in [3.63, 3.8) is 0 Å². The number of hydrogen-bond donors (Lipinski definition) is 0. The molecule has 0 saturated carbocycles. The lowest BCUT2D eigenvalue weighted by Crippen LogP contribution is -2.27. The minimum Gasteiger partial charge on any atom is -0.493 e. The summed E-state index contributed by atoms with van der Waals surface area (Å²) in [5.74, 6) is 2.02. The van der Waals surface area contributed by atoms with Crippen LogP contribution in [-0.4, -0.2) is 58.5 Å². The topological polar surface area (TPSA) is 66.5 Å². The maximum atomic E-state index is 13.2. The van der Waals surface area contributed by atoms with Gasteiger partial charge in [0.05, 0.1) is 33.0 Å². The van der Waals surface area contributed by atoms with Gasteiger partial charge in [-0.25, -0.2) is 0 Å². The molecule has 162 valence electrons. The van der Waals surface area contributed by atoms with E-state index < -0.39 is 0 Å². The Morgan fingerprint density at radius 1 is 1.03 bits per heavy atom. The van der Waals surface area contributed by atoms with Crippen molar-refractivity contribution in [3.05, 3.63) is 47.5 Å². The van der Waals surface area contributed by atoms with Gasteiger partial charge in [-0.1, -0.05) is 12.1 Å². The first-order valence-corrected chi connectivity index (χ1v) is 9.95. The molecule has 30 heavy (non-hydrogen) atoms. The summed E-state index contributed by atoms with van der Waals surface area (Å²) in [5.41, 5.74) is 1.32. The number of benzene rings is 2. The van der Waals surface area contributed by atoms with Crippen LogP contribution < -0.4 is 18.9 Å². The number of nitrogens with zero attached hydrogens (tertiary/aromatic N) is 1. The Balaban J connectivity index is 1.76. The number of amides is 1. The molecule has 1 heterocycles. The molecule has 1 fully saturated rings. The van der Waals surface area contributed by atoms with Gasteiger partial charge in [0.2, 0.25) is 5.75 Å². The fourth-order valence-corrected chi connectivity index (χ4v) is 3.55. The highest BCUT2D eigenvalue weighted by Crippen LogP contribution is 2.40. The van der Waals surface area contributed by atoms with Gasteiger partial charge in [-0.2, -0.15) is 0 Å². The molecule has 0 N–H and O–H groups in total. The Morgan fingerprint density at radius 3 is 2.47 bits per heavy atom. The zero-order chi connectivity index (χ0) is 21.5. The lowest BCUT2D eigenvalue weighted by Gasteiger charge is -2.22. The second kappa shape index (κ2) is 10.2. The number of para-hydroxylation sites is 1. The van der Waals surface area contributed by atoms with Crippen LogP contribution in [0.1, 0.15) is 28.8 Å². The highest BCUT2D eigenvalue weighted by Gasteiger charge is 2.22. The molecule has 3 rings (SSSR count). The number of methoxy groups -OCH3 is 3. The number of carbonyl (C=O) groups is 1. The van der Waals surface area contributed by atoms with E-state index in [1.54, 1.807) is 45.4 Å². The van der Waals surface area contributed by atoms with E-state index in [0.29, 0.717) is 41.7 Å². The summed E-state index contributed by atoms with van der Waals surface area (Å²) in [5, 5.41) is 0. The van der Waals surface area contributed by atoms with Gasteiger partial charge in [0, 0.05) is 25.8 Å². The largest absolute Gasteiger partial charge is 0.493 e. The van der Waals surface area contributed by atoms with Gasteiger partial charge in [0.15, 0.2) is 11.5 Å². The number of carbonyl (C=O) groups excluding carboxylic acids is 1. The van der Waals surface area contributed by atoms with E-state index >= 15 is 0 Å². The summed E-state index contributed by atoms with van der Waals surface area (Å²) in [6.07, 6.45) is 2.11. The molecule has 1 amide bonds. The maximum Gasteiger partial charge on any atom is 0.257 e. The average Bonchev–Trinajstić information content (AvgIpc) is 3.30. The third-order valence-corrected chi connectivity index (χ3v) is 5.11. The molecule has 0 radical (unpaired) electrons. The van der Waals surface area contributed by atoms with E-state index in [1.165, 1.54) is 0 Å². The molecule has 0 spiro atoms. The second-order valence-corrected chi connectivity index (χ2v) is 7.10. The maximum absolute atomic E-state index is 13.2. The fraction of sp³-hybridized carbons (Fsp3) is 0.435. The molecular weight excluding hydrogens is 386 g/mol. The van der Waals surface area contributed by atoms with E-state index in [4.69, 9.17) is 23.7 Å². The van der Waals surface area contributed by atoms with Crippen molar-refractivity contribution in [2.75, 3.05) is 41.6 Å². The van der Waals surface area contributed by atoms with Crippen LogP contribution in [0.4, 0.5) is 0 Å². The molecule has 7 heteroatoms. The Kier molecular flexibility index (Phi) is 7.41. The van der Waals surface area contributed by atoms with E-state index in [0.717, 1.165) is 25.0 Å². The lowest BCUT2D eigenvalue weighted by atomic mass is 10.1. The Labute approximate surface area is 177 Å². The quantitative estimate of drug-likeness (QED) is 0.624. The smallest absolute Gasteiger partial charge is 0.257 e. The molecule has 1 aliphatic heterocycles. The average molecular weight is 415 g/mol. The Hall–Kier alpha value is -2.93. The van der Waals surface area contributed by atoms with Crippen molar-refractivity contribution < 1.29 is 28.5 Å². The molecule has 0 aliphatic carbocycles. The highest BCUT2D eigenvalue weighted by molar-refractivity contribution is 5.96. The predicted octanol–water partition coefficient (Wildman–Crippen LogP) is 3.54. The molecule has 1 aliphatic rings. The lowest BCUT2D eigenvalue weighted by molar-refractivity contribution is 0.0656. The van der Waals surface area contributed by atoms with Crippen molar-refractivity contribution >= 4 is 5.91 Å². The van der Waals surface area contributed by atoms with Gasteiger partial charge in [0.25, 0.3) is 5.91 Å². The van der Waals surface area contributed by atoms with E-state index in [9.17, 15) is 4.79 Å². The first-order chi connectivity index (χ1) is 14.6. The predicted molar refractivity (Wildman–Crippen MR) is 113 cm³/mol. The summed E-state index contributed by atoms with van der Waals surface area (Å²) < 4.78 is 27.8. The molecule has 0 aromatic heterocycles. The Bertz CT molecular complexity index is 863.